The minimum absolute atomic E-state index is 0.368. The first kappa shape index (κ1) is 28.7. The minimum atomic E-state index is -0.368. The maximum absolute atomic E-state index is 2.44. The molecular formula is C36H44P2. The summed E-state index contributed by atoms with van der Waals surface area (Å²) in [7, 11) is -0.737. The Morgan fingerprint density at radius 1 is 0.316 bits per heavy atom. The van der Waals surface area contributed by atoms with Crippen molar-refractivity contribution >= 4 is 37.1 Å². The van der Waals surface area contributed by atoms with Crippen LogP contribution in [0.3, 0.4) is 0 Å². The summed E-state index contributed by atoms with van der Waals surface area (Å²) in [6.07, 6.45) is 5.04. The van der Waals surface area contributed by atoms with E-state index in [2.05, 4.69) is 128 Å². The summed E-state index contributed by atoms with van der Waals surface area (Å²) in [6, 6.07) is 28.7. The molecule has 38 heavy (non-hydrogen) atoms. The van der Waals surface area contributed by atoms with E-state index < -0.39 is 0 Å². The van der Waals surface area contributed by atoms with E-state index in [0.717, 1.165) is 0 Å². The summed E-state index contributed by atoms with van der Waals surface area (Å²) in [5, 5.41) is 6.14. The fourth-order valence-electron chi connectivity index (χ4n) is 5.78. The average Bonchev–Trinajstić information content (AvgIpc) is 2.78. The molecule has 0 saturated carbocycles. The molecule has 0 atom stereocenters. The molecule has 4 aromatic carbocycles. The van der Waals surface area contributed by atoms with E-state index in [1.54, 1.807) is 0 Å². The van der Waals surface area contributed by atoms with Gasteiger partial charge in [0.1, 0.15) is 0 Å². The summed E-state index contributed by atoms with van der Waals surface area (Å²) in [6.45, 7) is 17.9. The number of benzene rings is 4. The van der Waals surface area contributed by atoms with Gasteiger partial charge >= 0.3 is 0 Å². The molecule has 0 fully saturated rings. The molecule has 0 amide bonds. The highest BCUT2D eigenvalue weighted by atomic mass is 31.1. The van der Waals surface area contributed by atoms with Crippen molar-refractivity contribution in [2.45, 2.75) is 68.2 Å². The van der Waals surface area contributed by atoms with Crippen LogP contribution in [0.2, 0.25) is 0 Å². The highest BCUT2D eigenvalue weighted by Gasteiger charge is 2.18. The van der Waals surface area contributed by atoms with Crippen molar-refractivity contribution in [3.8, 4) is 0 Å². The zero-order chi connectivity index (χ0) is 27.4. The molecule has 0 aliphatic carbocycles. The largest absolute Gasteiger partial charge is 0.0563 e. The number of hydrogen-bond acceptors (Lipinski definition) is 0. The van der Waals surface area contributed by atoms with Gasteiger partial charge < -0.3 is 0 Å². The summed E-state index contributed by atoms with van der Waals surface area (Å²) >= 11 is 0. The quantitative estimate of drug-likeness (QED) is 0.148. The third-order valence-electron chi connectivity index (χ3n) is 7.09. The molecule has 0 heterocycles. The minimum Gasteiger partial charge on any atom is -0.0563 e. The zero-order valence-corrected chi connectivity index (χ0v) is 26.4. The molecule has 0 saturated heterocycles. The third-order valence-corrected chi connectivity index (χ3v) is 12.1. The summed E-state index contributed by atoms with van der Waals surface area (Å²) < 4.78 is 0. The predicted octanol–water partition coefficient (Wildman–Crippen LogP) is 8.50. The Labute approximate surface area is 234 Å². The molecule has 0 aromatic heterocycles. The van der Waals surface area contributed by atoms with Gasteiger partial charge in [-0.05, 0) is 118 Å². The highest BCUT2D eigenvalue weighted by Crippen LogP contribution is 2.39. The molecule has 0 unspecified atom stereocenters. The molecule has 2 heteroatoms. The third kappa shape index (κ3) is 7.65. The van der Waals surface area contributed by atoms with Crippen molar-refractivity contribution in [3.05, 3.63) is 117 Å². The maximum atomic E-state index is 2.44. The smallest absolute Gasteiger partial charge is 0.0190 e. The van der Waals surface area contributed by atoms with Crippen molar-refractivity contribution in [2.75, 3.05) is 12.3 Å². The van der Waals surface area contributed by atoms with Gasteiger partial charge in [-0.3, -0.25) is 0 Å². The first-order valence-electron chi connectivity index (χ1n) is 14.0. The van der Waals surface area contributed by atoms with Crippen LogP contribution in [0.1, 0.15) is 57.3 Å². The number of rotatable bonds is 9. The molecule has 0 N–H and O–H groups in total. The Balaban J connectivity index is 1.59. The van der Waals surface area contributed by atoms with Crippen molar-refractivity contribution < 1.29 is 0 Å². The molecule has 0 radical (unpaired) electrons. The van der Waals surface area contributed by atoms with Crippen molar-refractivity contribution in [1.82, 2.24) is 0 Å². The number of unbranched alkanes of at least 4 members (excludes halogenated alkanes) is 1. The lowest BCUT2D eigenvalue weighted by Gasteiger charge is -2.23. The lowest BCUT2D eigenvalue weighted by molar-refractivity contribution is 0.901. The molecule has 4 rings (SSSR count). The number of aryl methyl sites for hydroxylation is 8. The van der Waals surface area contributed by atoms with Crippen LogP contribution in [-0.2, 0) is 0 Å². The van der Waals surface area contributed by atoms with E-state index >= 15 is 0 Å². The van der Waals surface area contributed by atoms with Gasteiger partial charge in [0.05, 0.1) is 0 Å². The van der Waals surface area contributed by atoms with E-state index in [1.165, 1.54) is 90.9 Å². The fourth-order valence-corrected chi connectivity index (χ4v) is 11.4. The van der Waals surface area contributed by atoms with Gasteiger partial charge in [0.25, 0.3) is 0 Å². The van der Waals surface area contributed by atoms with E-state index in [4.69, 9.17) is 0 Å². The summed E-state index contributed by atoms with van der Waals surface area (Å²) in [5.41, 5.74) is 11.0. The van der Waals surface area contributed by atoms with Crippen molar-refractivity contribution in [1.29, 1.82) is 0 Å². The molecular weight excluding hydrogens is 494 g/mol. The average molecular weight is 539 g/mol. The van der Waals surface area contributed by atoms with Crippen LogP contribution in [0.25, 0.3) is 0 Å². The normalized spacial score (nSPS) is 11.5. The van der Waals surface area contributed by atoms with Gasteiger partial charge in [0.2, 0.25) is 0 Å². The standard InChI is InChI=1S/C36H44P2/c1-25-13-26(2)18-33(17-25)37(34-19-27(3)14-28(4)20-34)11-9-10-12-38(35-21-29(5)15-30(6)22-35)36-23-31(7)16-32(8)24-36/h13-24H,9-12H2,1-8H3. The van der Waals surface area contributed by atoms with Gasteiger partial charge in [-0.25, -0.2) is 0 Å². The summed E-state index contributed by atoms with van der Waals surface area (Å²) in [4.78, 5) is 0. The van der Waals surface area contributed by atoms with Crippen molar-refractivity contribution in [3.63, 3.8) is 0 Å². The first-order chi connectivity index (χ1) is 18.1. The molecule has 0 aliphatic rings. The van der Waals surface area contributed by atoms with E-state index in [-0.39, 0.29) is 15.8 Å². The van der Waals surface area contributed by atoms with Gasteiger partial charge in [0, 0.05) is 0 Å². The Morgan fingerprint density at radius 2 is 0.500 bits per heavy atom. The molecule has 0 aliphatic heterocycles. The second-order valence-corrected chi connectivity index (χ2v) is 16.1. The molecule has 0 nitrogen and oxygen atoms in total. The first-order valence-corrected chi connectivity index (χ1v) is 17.0. The van der Waals surface area contributed by atoms with Crippen LogP contribution in [0, 0.1) is 55.4 Å². The molecule has 198 valence electrons. The van der Waals surface area contributed by atoms with Crippen molar-refractivity contribution in [2.24, 2.45) is 0 Å². The van der Waals surface area contributed by atoms with E-state index in [1.807, 2.05) is 0 Å². The van der Waals surface area contributed by atoms with Crippen LogP contribution in [-0.4, -0.2) is 12.3 Å². The Morgan fingerprint density at radius 3 is 0.684 bits per heavy atom. The lowest BCUT2D eigenvalue weighted by atomic mass is 10.2. The van der Waals surface area contributed by atoms with Crippen LogP contribution >= 0.6 is 15.8 Å². The van der Waals surface area contributed by atoms with E-state index in [0.29, 0.717) is 0 Å². The maximum Gasteiger partial charge on any atom is -0.0190 e. The van der Waals surface area contributed by atoms with Crippen LogP contribution in [0.4, 0.5) is 0 Å². The second-order valence-electron chi connectivity index (χ2n) is 11.4. The van der Waals surface area contributed by atoms with Gasteiger partial charge in [-0.15, -0.1) is 0 Å². The lowest BCUT2D eigenvalue weighted by Crippen LogP contribution is -2.18. The van der Waals surface area contributed by atoms with E-state index in [9.17, 15) is 0 Å². The van der Waals surface area contributed by atoms with Crippen LogP contribution in [0.5, 0.6) is 0 Å². The molecule has 4 aromatic rings. The van der Waals surface area contributed by atoms with Gasteiger partial charge in [-0.1, -0.05) is 117 Å². The highest BCUT2D eigenvalue weighted by molar-refractivity contribution is 7.73. The molecule has 0 bridgehead atoms. The Kier molecular flexibility index (Phi) is 9.63. The topological polar surface area (TPSA) is 0 Å². The van der Waals surface area contributed by atoms with Crippen LogP contribution in [0.15, 0.2) is 72.8 Å². The van der Waals surface area contributed by atoms with Crippen LogP contribution < -0.4 is 21.2 Å². The van der Waals surface area contributed by atoms with Gasteiger partial charge in [0.15, 0.2) is 0 Å². The predicted molar refractivity (Wildman–Crippen MR) is 175 cm³/mol. The van der Waals surface area contributed by atoms with Gasteiger partial charge in [-0.2, -0.15) is 0 Å². The zero-order valence-electron chi connectivity index (χ0n) is 24.7. The number of hydrogen-bond donors (Lipinski definition) is 0. The fraction of sp³-hybridized carbons (Fsp3) is 0.333. The monoisotopic (exact) mass is 538 g/mol. The SMILES string of the molecule is Cc1cc(C)cc(P(CCCCP(c2cc(C)cc(C)c2)c2cc(C)cc(C)c2)c2cc(C)cc(C)c2)c1. The Hall–Kier alpha value is -2.26. The summed E-state index contributed by atoms with van der Waals surface area (Å²) in [5.74, 6) is 0. The Bertz CT molecular complexity index is 1120. The molecule has 0 spiro atoms. The second kappa shape index (κ2) is 12.7.